The van der Waals surface area contributed by atoms with Crippen LogP contribution in [0.1, 0.15) is 23.5 Å². The quantitative estimate of drug-likeness (QED) is 0.935. The molecular weight excluding hydrogens is 309 g/mol. The number of piperidine rings is 1. The number of fused-ring (bicyclic) bond motifs is 1. The maximum atomic E-state index is 13.2. The molecule has 2 aliphatic rings. The van der Waals surface area contributed by atoms with E-state index in [2.05, 4.69) is 5.32 Å². The maximum Gasteiger partial charge on any atom is 0.231 e. The lowest BCUT2D eigenvalue weighted by Crippen LogP contribution is -2.40. The molecule has 126 valence electrons. The molecule has 0 amide bonds. The van der Waals surface area contributed by atoms with Gasteiger partial charge in [0.05, 0.1) is 12.7 Å². The lowest BCUT2D eigenvalue weighted by molar-refractivity contribution is 0.0105. The third-order valence-corrected chi connectivity index (χ3v) is 4.63. The van der Waals surface area contributed by atoms with Crippen LogP contribution in [0, 0.1) is 5.82 Å². The van der Waals surface area contributed by atoms with Gasteiger partial charge in [-0.25, -0.2) is 4.39 Å². The van der Waals surface area contributed by atoms with Gasteiger partial charge in [0.25, 0.3) is 0 Å². The highest BCUT2D eigenvalue weighted by Gasteiger charge is 2.27. The second-order valence-corrected chi connectivity index (χ2v) is 6.19. The summed E-state index contributed by atoms with van der Waals surface area (Å²) < 4.78 is 30.1. The van der Waals surface area contributed by atoms with Gasteiger partial charge in [0, 0.05) is 12.5 Å². The zero-order valence-electron chi connectivity index (χ0n) is 13.3. The average molecular weight is 329 g/mol. The van der Waals surface area contributed by atoms with Crippen LogP contribution in [0.3, 0.4) is 0 Å². The van der Waals surface area contributed by atoms with Crippen molar-refractivity contribution in [2.24, 2.45) is 0 Å². The molecule has 0 spiro atoms. The van der Waals surface area contributed by atoms with Crippen LogP contribution < -0.4 is 14.8 Å². The fourth-order valence-corrected chi connectivity index (χ4v) is 3.33. The first-order chi connectivity index (χ1) is 11.8. The minimum atomic E-state index is -0.203. The van der Waals surface area contributed by atoms with Gasteiger partial charge in [-0.3, -0.25) is 0 Å². The van der Waals surface area contributed by atoms with Crippen LogP contribution in [0.15, 0.2) is 42.5 Å². The van der Waals surface area contributed by atoms with Crippen molar-refractivity contribution in [2.75, 3.05) is 19.9 Å². The van der Waals surface area contributed by atoms with Gasteiger partial charge in [-0.2, -0.15) is 0 Å². The first-order valence-corrected chi connectivity index (χ1v) is 8.26. The van der Waals surface area contributed by atoms with Crippen molar-refractivity contribution in [3.8, 4) is 11.5 Å². The Kier molecular flexibility index (Phi) is 4.36. The highest BCUT2D eigenvalue weighted by molar-refractivity contribution is 5.44. The van der Waals surface area contributed by atoms with Crippen molar-refractivity contribution in [2.45, 2.75) is 25.0 Å². The first-order valence-electron chi connectivity index (χ1n) is 8.26. The lowest BCUT2D eigenvalue weighted by atomic mass is 9.88. The summed E-state index contributed by atoms with van der Waals surface area (Å²) in [6, 6.07) is 12.6. The third-order valence-electron chi connectivity index (χ3n) is 4.63. The zero-order valence-corrected chi connectivity index (χ0v) is 13.3. The Hall–Kier alpha value is -2.11. The molecule has 1 saturated heterocycles. The molecule has 0 unspecified atom stereocenters. The van der Waals surface area contributed by atoms with E-state index in [1.165, 1.54) is 12.1 Å². The van der Waals surface area contributed by atoms with Crippen LogP contribution in [-0.4, -0.2) is 26.0 Å². The predicted molar refractivity (Wildman–Crippen MR) is 87.8 cm³/mol. The molecule has 0 bridgehead atoms. The molecule has 4 nitrogen and oxygen atoms in total. The van der Waals surface area contributed by atoms with Gasteiger partial charge in [-0.05, 0) is 48.4 Å². The monoisotopic (exact) mass is 329 g/mol. The first kappa shape index (κ1) is 15.4. The number of halogens is 1. The fourth-order valence-electron chi connectivity index (χ4n) is 3.33. The van der Waals surface area contributed by atoms with Gasteiger partial charge in [0.15, 0.2) is 11.5 Å². The van der Waals surface area contributed by atoms with E-state index in [0.717, 1.165) is 42.1 Å². The summed E-state index contributed by atoms with van der Waals surface area (Å²) in [4.78, 5) is 0. The van der Waals surface area contributed by atoms with E-state index in [1.807, 2.05) is 30.3 Å². The number of nitrogens with one attached hydrogen (secondary N) is 1. The van der Waals surface area contributed by atoms with Gasteiger partial charge >= 0.3 is 0 Å². The number of rotatable bonds is 4. The molecule has 2 aromatic rings. The smallest absolute Gasteiger partial charge is 0.231 e. The minimum Gasteiger partial charge on any atom is -0.454 e. The Morgan fingerprint density at radius 3 is 2.79 bits per heavy atom. The van der Waals surface area contributed by atoms with Crippen molar-refractivity contribution < 1.29 is 18.6 Å². The van der Waals surface area contributed by atoms with Crippen molar-refractivity contribution >= 4 is 0 Å². The summed E-state index contributed by atoms with van der Waals surface area (Å²) in [5, 5.41) is 3.38. The molecule has 1 N–H and O–H groups in total. The summed E-state index contributed by atoms with van der Waals surface area (Å²) >= 11 is 0. The Morgan fingerprint density at radius 1 is 1.08 bits per heavy atom. The molecule has 2 heterocycles. The van der Waals surface area contributed by atoms with Crippen molar-refractivity contribution in [1.82, 2.24) is 5.32 Å². The van der Waals surface area contributed by atoms with Crippen LogP contribution >= 0.6 is 0 Å². The van der Waals surface area contributed by atoms with Crippen LogP contribution in [0.5, 0.6) is 11.5 Å². The topological polar surface area (TPSA) is 39.7 Å². The molecular formula is C19H20FNO3. The fraction of sp³-hybridized carbons (Fsp3) is 0.368. The molecule has 0 saturated carbocycles. The van der Waals surface area contributed by atoms with E-state index in [9.17, 15) is 4.39 Å². The number of benzene rings is 2. The van der Waals surface area contributed by atoms with Gasteiger partial charge in [-0.1, -0.05) is 18.2 Å². The summed E-state index contributed by atoms with van der Waals surface area (Å²) in [6.45, 7) is 2.54. The van der Waals surface area contributed by atoms with E-state index in [-0.39, 0.29) is 24.6 Å². The van der Waals surface area contributed by atoms with Gasteiger partial charge in [-0.15, -0.1) is 0 Å². The van der Waals surface area contributed by atoms with E-state index in [4.69, 9.17) is 14.2 Å². The van der Waals surface area contributed by atoms with Crippen molar-refractivity contribution in [3.05, 3.63) is 59.4 Å². The third kappa shape index (κ3) is 3.23. The van der Waals surface area contributed by atoms with E-state index < -0.39 is 0 Å². The van der Waals surface area contributed by atoms with Crippen LogP contribution in [0.25, 0.3) is 0 Å². The van der Waals surface area contributed by atoms with Crippen molar-refractivity contribution in [1.29, 1.82) is 0 Å². The van der Waals surface area contributed by atoms with Crippen molar-refractivity contribution in [3.63, 3.8) is 0 Å². The SMILES string of the molecule is Fc1ccc([C@@H]2CCNC[C@H]2OCc2ccc3c(c2)OCO3)cc1. The normalized spacial score (nSPS) is 22.5. The highest BCUT2D eigenvalue weighted by atomic mass is 19.1. The molecule has 2 atom stereocenters. The summed E-state index contributed by atoms with van der Waals surface area (Å²) in [7, 11) is 0. The molecule has 0 radical (unpaired) electrons. The van der Waals surface area contributed by atoms with Gasteiger partial charge in [0.2, 0.25) is 6.79 Å². The Labute approximate surface area is 140 Å². The largest absolute Gasteiger partial charge is 0.454 e. The number of ether oxygens (including phenoxy) is 3. The van der Waals surface area contributed by atoms with E-state index in [1.54, 1.807) is 0 Å². The molecule has 4 rings (SSSR count). The summed E-state index contributed by atoms with van der Waals surface area (Å²) in [6.07, 6.45) is 1.05. The standard InChI is InChI=1S/C19H20FNO3/c20-15-4-2-14(3-5-15)16-7-8-21-10-19(16)22-11-13-1-6-17-18(9-13)24-12-23-17/h1-6,9,16,19,21H,7-8,10-12H2/t16-,19+/m0/s1. The van der Waals surface area contributed by atoms with Crippen LogP contribution in [0.4, 0.5) is 4.39 Å². The van der Waals surface area contributed by atoms with Gasteiger partial charge in [0.1, 0.15) is 5.82 Å². The molecule has 0 aromatic heterocycles. The average Bonchev–Trinajstić information content (AvgIpc) is 3.09. The second kappa shape index (κ2) is 6.79. The zero-order chi connectivity index (χ0) is 16.4. The molecule has 5 heteroatoms. The molecule has 2 aromatic carbocycles. The Balaban J connectivity index is 1.44. The molecule has 1 fully saturated rings. The summed E-state index contributed by atoms with van der Waals surface area (Å²) in [5.41, 5.74) is 2.19. The Morgan fingerprint density at radius 2 is 1.92 bits per heavy atom. The van der Waals surface area contributed by atoms with Crippen LogP contribution in [-0.2, 0) is 11.3 Å². The van der Waals surface area contributed by atoms with Gasteiger partial charge < -0.3 is 19.5 Å². The van der Waals surface area contributed by atoms with E-state index in [0.29, 0.717) is 6.61 Å². The van der Waals surface area contributed by atoms with Crippen LogP contribution in [0.2, 0.25) is 0 Å². The molecule has 2 aliphatic heterocycles. The number of hydrogen-bond donors (Lipinski definition) is 1. The minimum absolute atomic E-state index is 0.0645. The highest BCUT2D eigenvalue weighted by Crippen LogP contribution is 2.33. The maximum absolute atomic E-state index is 13.2. The molecule has 0 aliphatic carbocycles. The predicted octanol–water partition coefficient (Wildman–Crippen LogP) is 3.22. The second-order valence-electron chi connectivity index (χ2n) is 6.19. The van der Waals surface area contributed by atoms with E-state index >= 15 is 0 Å². The lowest BCUT2D eigenvalue weighted by Gasteiger charge is -2.32. The number of hydrogen-bond acceptors (Lipinski definition) is 4. The Bertz CT molecular complexity index is 704. The summed E-state index contributed by atoms with van der Waals surface area (Å²) in [5.74, 6) is 1.63. The molecule has 24 heavy (non-hydrogen) atoms.